The number of hydrogen-bond donors (Lipinski definition) is 2. The number of carbonyl (C=O) groups excluding carboxylic acids is 1. The molecule has 0 atom stereocenters. The van der Waals surface area contributed by atoms with Gasteiger partial charge in [-0.15, -0.1) is 0 Å². The summed E-state index contributed by atoms with van der Waals surface area (Å²) in [6.07, 6.45) is 1.03. The normalized spacial score (nSPS) is 10.0. The molecule has 0 spiro atoms. The molecular formula is C10H7N5O5. The number of hydrogen-bond acceptors (Lipinski definition) is 6. The summed E-state index contributed by atoms with van der Waals surface area (Å²) >= 11 is 0. The second kappa shape index (κ2) is 5.14. The Labute approximate surface area is 110 Å². The highest BCUT2D eigenvalue weighted by molar-refractivity contribution is 6.05. The molecule has 0 radical (unpaired) electrons. The largest absolute Gasteiger partial charge is 0.358 e. The minimum absolute atomic E-state index is 0.131. The number of amides is 1. The van der Waals surface area contributed by atoms with Crippen molar-refractivity contribution in [3.8, 4) is 0 Å². The number of aromatic nitrogens is 2. The molecule has 1 amide bonds. The van der Waals surface area contributed by atoms with Crippen LogP contribution in [-0.2, 0) is 0 Å². The van der Waals surface area contributed by atoms with Gasteiger partial charge < -0.3 is 15.4 Å². The van der Waals surface area contributed by atoms with E-state index in [1.54, 1.807) is 0 Å². The van der Waals surface area contributed by atoms with Gasteiger partial charge >= 0.3 is 5.82 Å². The quantitative estimate of drug-likeness (QED) is 0.639. The molecule has 0 saturated heterocycles. The van der Waals surface area contributed by atoms with Gasteiger partial charge in [0, 0.05) is 17.8 Å². The van der Waals surface area contributed by atoms with Crippen LogP contribution in [0.4, 0.5) is 17.2 Å². The average Bonchev–Trinajstić information content (AvgIpc) is 2.88. The topological polar surface area (TPSA) is 144 Å². The van der Waals surface area contributed by atoms with Gasteiger partial charge in [-0.25, -0.2) is 9.97 Å². The first-order valence-corrected chi connectivity index (χ1v) is 5.22. The van der Waals surface area contributed by atoms with E-state index < -0.39 is 21.6 Å². The van der Waals surface area contributed by atoms with Gasteiger partial charge in [-0.3, -0.25) is 14.9 Å². The first-order valence-electron chi connectivity index (χ1n) is 5.22. The van der Waals surface area contributed by atoms with E-state index in [2.05, 4.69) is 15.3 Å². The Morgan fingerprint density at radius 3 is 2.35 bits per heavy atom. The average molecular weight is 277 g/mol. The van der Waals surface area contributed by atoms with Crippen LogP contribution in [-0.4, -0.2) is 25.7 Å². The second-order valence-corrected chi connectivity index (χ2v) is 3.61. The summed E-state index contributed by atoms with van der Waals surface area (Å²) in [6, 6.07) is 5.03. The van der Waals surface area contributed by atoms with E-state index in [4.69, 9.17) is 0 Å². The van der Waals surface area contributed by atoms with Crippen LogP contribution in [0.1, 0.15) is 10.5 Å². The van der Waals surface area contributed by atoms with Crippen molar-refractivity contribution in [1.29, 1.82) is 0 Å². The molecule has 0 aliphatic carbocycles. The fourth-order valence-electron chi connectivity index (χ4n) is 1.45. The van der Waals surface area contributed by atoms with Crippen LogP contribution in [0.3, 0.4) is 0 Å². The summed E-state index contributed by atoms with van der Waals surface area (Å²) < 4.78 is 0. The SMILES string of the molecule is O=C(Nc1ccc([N+](=O)[O-])cc1)c1nc[nH]c1[N+](=O)[O-]. The number of rotatable bonds is 4. The molecular weight excluding hydrogens is 270 g/mol. The summed E-state index contributed by atoms with van der Waals surface area (Å²) in [6.45, 7) is 0. The van der Waals surface area contributed by atoms with Crippen molar-refractivity contribution in [2.75, 3.05) is 5.32 Å². The number of anilines is 1. The molecule has 102 valence electrons. The Morgan fingerprint density at radius 2 is 1.80 bits per heavy atom. The smallest absolute Gasteiger partial charge is 0.353 e. The Hall–Kier alpha value is -3.30. The molecule has 2 aromatic rings. The maximum absolute atomic E-state index is 11.8. The number of nitro benzene ring substituents is 1. The molecule has 10 heteroatoms. The van der Waals surface area contributed by atoms with Gasteiger partial charge in [-0.05, 0) is 17.1 Å². The van der Waals surface area contributed by atoms with Crippen LogP contribution < -0.4 is 5.32 Å². The molecule has 0 aliphatic rings. The fraction of sp³-hybridized carbons (Fsp3) is 0. The van der Waals surface area contributed by atoms with E-state index in [9.17, 15) is 25.0 Å². The molecule has 0 fully saturated rings. The molecule has 1 heterocycles. The number of nitrogens with zero attached hydrogens (tertiary/aromatic N) is 3. The minimum atomic E-state index is -0.785. The fourth-order valence-corrected chi connectivity index (χ4v) is 1.45. The summed E-state index contributed by atoms with van der Waals surface area (Å²) in [7, 11) is 0. The zero-order valence-electron chi connectivity index (χ0n) is 9.77. The second-order valence-electron chi connectivity index (χ2n) is 3.61. The number of carbonyl (C=O) groups is 1. The lowest BCUT2D eigenvalue weighted by atomic mass is 10.2. The molecule has 20 heavy (non-hydrogen) atoms. The Balaban J connectivity index is 2.17. The highest BCUT2D eigenvalue weighted by Gasteiger charge is 2.22. The maximum atomic E-state index is 11.8. The summed E-state index contributed by atoms with van der Waals surface area (Å²) in [4.78, 5) is 37.3. The van der Waals surface area contributed by atoms with Crippen LogP contribution in [0.25, 0.3) is 0 Å². The molecule has 1 aromatic heterocycles. The van der Waals surface area contributed by atoms with Gasteiger partial charge in [-0.1, -0.05) is 0 Å². The van der Waals surface area contributed by atoms with Crippen LogP contribution in [0, 0.1) is 20.2 Å². The summed E-state index contributed by atoms with van der Waals surface area (Å²) in [5.41, 5.74) is -0.236. The van der Waals surface area contributed by atoms with Crippen molar-refractivity contribution in [2.45, 2.75) is 0 Å². The van der Waals surface area contributed by atoms with Crippen molar-refractivity contribution in [2.24, 2.45) is 0 Å². The molecule has 0 unspecified atom stereocenters. The Kier molecular flexibility index (Phi) is 3.37. The van der Waals surface area contributed by atoms with E-state index >= 15 is 0 Å². The lowest BCUT2D eigenvalue weighted by Gasteiger charge is -2.02. The first kappa shape index (κ1) is 13.1. The third-order valence-corrected chi connectivity index (χ3v) is 2.35. The van der Waals surface area contributed by atoms with E-state index in [1.165, 1.54) is 24.3 Å². The van der Waals surface area contributed by atoms with Gasteiger partial charge in [0.1, 0.15) is 0 Å². The number of aromatic amines is 1. The van der Waals surface area contributed by atoms with E-state index in [0.717, 1.165) is 6.33 Å². The number of benzene rings is 1. The van der Waals surface area contributed by atoms with E-state index in [1.807, 2.05) is 0 Å². The van der Waals surface area contributed by atoms with Crippen molar-refractivity contribution in [3.63, 3.8) is 0 Å². The zero-order valence-corrected chi connectivity index (χ0v) is 9.77. The van der Waals surface area contributed by atoms with Gasteiger partial charge in [-0.2, -0.15) is 0 Å². The van der Waals surface area contributed by atoms with Gasteiger partial charge in [0.2, 0.25) is 5.69 Å². The van der Waals surface area contributed by atoms with Crippen molar-refractivity contribution in [1.82, 2.24) is 9.97 Å². The van der Waals surface area contributed by atoms with Crippen LogP contribution >= 0.6 is 0 Å². The standard InChI is InChI=1S/C10H7N5O5/c16-10(8-9(15(19)20)12-5-11-8)13-6-1-3-7(4-2-6)14(17)18/h1-5H,(H,11,12)(H,13,16). The molecule has 2 N–H and O–H groups in total. The number of H-pyrrole nitrogens is 1. The molecule has 1 aromatic carbocycles. The van der Waals surface area contributed by atoms with E-state index in [-0.39, 0.29) is 17.1 Å². The van der Waals surface area contributed by atoms with Crippen molar-refractivity contribution >= 4 is 23.1 Å². The Morgan fingerprint density at radius 1 is 1.15 bits per heavy atom. The van der Waals surface area contributed by atoms with Gasteiger partial charge in [0.25, 0.3) is 11.6 Å². The van der Waals surface area contributed by atoms with E-state index in [0.29, 0.717) is 0 Å². The third kappa shape index (κ3) is 2.58. The molecule has 0 aliphatic heterocycles. The molecule has 0 saturated carbocycles. The van der Waals surface area contributed by atoms with Crippen molar-refractivity contribution < 1.29 is 14.6 Å². The highest BCUT2D eigenvalue weighted by atomic mass is 16.6. The first-order chi connectivity index (χ1) is 9.49. The number of imidazole rings is 1. The predicted molar refractivity (Wildman–Crippen MR) is 66.3 cm³/mol. The van der Waals surface area contributed by atoms with Crippen LogP contribution in [0.2, 0.25) is 0 Å². The summed E-state index contributed by atoms with van der Waals surface area (Å²) in [5, 5.41) is 23.5. The number of nitro groups is 2. The zero-order chi connectivity index (χ0) is 14.7. The number of nitrogens with one attached hydrogen (secondary N) is 2. The Bertz CT molecular complexity index is 678. The third-order valence-electron chi connectivity index (χ3n) is 2.35. The van der Waals surface area contributed by atoms with Crippen LogP contribution in [0.5, 0.6) is 0 Å². The molecule has 2 rings (SSSR count). The van der Waals surface area contributed by atoms with Crippen molar-refractivity contribution in [3.05, 3.63) is 56.5 Å². The van der Waals surface area contributed by atoms with Crippen LogP contribution in [0.15, 0.2) is 30.6 Å². The lowest BCUT2D eigenvalue weighted by Crippen LogP contribution is -2.14. The summed E-state index contributed by atoms with van der Waals surface area (Å²) in [5.74, 6) is -1.31. The molecule has 10 nitrogen and oxygen atoms in total. The monoisotopic (exact) mass is 277 g/mol. The maximum Gasteiger partial charge on any atom is 0.353 e. The number of non-ortho nitro benzene ring substituents is 1. The lowest BCUT2D eigenvalue weighted by molar-refractivity contribution is -0.389. The van der Waals surface area contributed by atoms with Gasteiger partial charge in [0.15, 0.2) is 6.33 Å². The predicted octanol–water partition coefficient (Wildman–Crippen LogP) is 1.48. The minimum Gasteiger partial charge on any atom is -0.358 e. The van der Waals surface area contributed by atoms with Gasteiger partial charge in [0.05, 0.1) is 4.92 Å². The highest BCUT2D eigenvalue weighted by Crippen LogP contribution is 2.18. The molecule has 0 bridgehead atoms.